The second-order valence-electron chi connectivity index (χ2n) is 8.75. The summed E-state index contributed by atoms with van der Waals surface area (Å²) in [6, 6.07) is 14.1. The van der Waals surface area contributed by atoms with Crippen LogP contribution in [-0.4, -0.2) is 46.5 Å². The lowest BCUT2D eigenvalue weighted by molar-refractivity contribution is -0.0592. The van der Waals surface area contributed by atoms with Crippen molar-refractivity contribution in [2.45, 2.75) is 65.5 Å². The third kappa shape index (κ3) is 5.24. The average molecular weight is 385 g/mol. The molecule has 5 nitrogen and oxygen atoms in total. The summed E-state index contributed by atoms with van der Waals surface area (Å²) in [5, 5.41) is 0. The fraction of sp³-hybridized carbons (Fsp3) is 0.522. The van der Waals surface area contributed by atoms with Gasteiger partial charge in [0.15, 0.2) is 5.76 Å². The van der Waals surface area contributed by atoms with Crippen LogP contribution in [0.25, 0.3) is 0 Å². The number of rotatable bonds is 5. The summed E-state index contributed by atoms with van der Waals surface area (Å²) in [4.78, 5) is 17.0. The van der Waals surface area contributed by atoms with Gasteiger partial charge in [0.1, 0.15) is 5.76 Å². The number of hydrogen-bond acceptors (Lipinski definition) is 4. The van der Waals surface area contributed by atoms with E-state index in [4.69, 9.17) is 9.15 Å². The van der Waals surface area contributed by atoms with Gasteiger partial charge in [-0.15, -0.1) is 0 Å². The standard InChI is InChI=1S/C23H32N2O3/c1-17-13-24(14-18(2)27-17)22(26)21-12-11-20(28-21)16-25(23(3,4)5)15-19-9-7-6-8-10-19/h6-12,17-18H,13-16H2,1-5H3/t17-,18+. The molecule has 2 atom stereocenters. The molecular weight excluding hydrogens is 352 g/mol. The summed E-state index contributed by atoms with van der Waals surface area (Å²) in [5.41, 5.74) is 1.23. The van der Waals surface area contributed by atoms with E-state index in [-0.39, 0.29) is 23.7 Å². The second kappa shape index (κ2) is 8.50. The summed E-state index contributed by atoms with van der Waals surface area (Å²) in [7, 11) is 0. The predicted octanol–water partition coefficient (Wildman–Crippen LogP) is 4.33. The van der Waals surface area contributed by atoms with E-state index in [2.05, 4.69) is 49.9 Å². The molecule has 0 saturated carbocycles. The number of furan rings is 1. The highest BCUT2D eigenvalue weighted by Crippen LogP contribution is 2.23. The number of hydrogen-bond donors (Lipinski definition) is 0. The highest BCUT2D eigenvalue weighted by molar-refractivity contribution is 5.91. The zero-order valence-electron chi connectivity index (χ0n) is 17.6. The number of carbonyl (C=O) groups is 1. The van der Waals surface area contributed by atoms with Crippen molar-refractivity contribution in [1.29, 1.82) is 0 Å². The molecule has 152 valence electrons. The molecule has 1 aliphatic rings. The van der Waals surface area contributed by atoms with Crippen LogP contribution in [0.3, 0.4) is 0 Å². The molecule has 0 bridgehead atoms. The summed E-state index contributed by atoms with van der Waals surface area (Å²) >= 11 is 0. The lowest BCUT2D eigenvalue weighted by atomic mass is 10.0. The molecule has 1 fully saturated rings. The quantitative estimate of drug-likeness (QED) is 0.770. The van der Waals surface area contributed by atoms with E-state index in [9.17, 15) is 4.79 Å². The molecule has 1 amide bonds. The molecule has 0 N–H and O–H groups in total. The van der Waals surface area contributed by atoms with Crippen LogP contribution in [0.1, 0.15) is 56.5 Å². The van der Waals surface area contributed by atoms with Gasteiger partial charge in [0, 0.05) is 25.2 Å². The molecule has 2 aromatic rings. The first kappa shape index (κ1) is 20.6. The number of amides is 1. The molecule has 1 aromatic heterocycles. The molecule has 3 rings (SSSR count). The molecule has 0 unspecified atom stereocenters. The second-order valence-corrected chi connectivity index (χ2v) is 8.75. The zero-order chi connectivity index (χ0) is 20.3. The van der Waals surface area contributed by atoms with E-state index in [1.165, 1.54) is 5.56 Å². The molecule has 0 spiro atoms. The van der Waals surface area contributed by atoms with Gasteiger partial charge >= 0.3 is 0 Å². The highest BCUT2D eigenvalue weighted by Gasteiger charge is 2.29. The lowest BCUT2D eigenvalue weighted by Gasteiger charge is -2.35. The molecule has 1 aromatic carbocycles. The van der Waals surface area contributed by atoms with Crippen LogP contribution in [0.4, 0.5) is 0 Å². The smallest absolute Gasteiger partial charge is 0.289 e. The van der Waals surface area contributed by atoms with E-state index in [1.807, 2.05) is 30.9 Å². The van der Waals surface area contributed by atoms with E-state index < -0.39 is 0 Å². The SMILES string of the molecule is C[C@@H]1CN(C(=O)c2ccc(CN(Cc3ccccc3)C(C)(C)C)o2)C[C@H](C)O1. The molecular formula is C23H32N2O3. The van der Waals surface area contributed by atoms with Crippen molar-refractivity contribution in [2.24, 2.45) is 0 Å². The largest absolute Gasteiger partial charge is 0.455 e. The van der Waals surface area contributed by atoms with Crippen molar-refractivity contribution in [3.05, 3.63) is 59.5 Å². The minimum atomic E-state index is -0.0568. The van der Waals surface area contributed by atoms with Crippen LogP contribution >= 0.6 is 0 Å². The van der Waals surface area contributed by atoms with Gasteiger partial charge < -0.3 is 14.1 Å². The fourth-order valence-electron chi connectivity index (χ4n) is 3.60. The number of carbonyl (C=O) groups excluding carboxylic acids is 1. The zero-order valence-corrected chi connectivity index (χ0v) is 17.6. The Balaban J connectivity index is 1.70. The molecule has 1 aliphatic heterocycles. The maximum atomic E-state index is 12.8. The first-order chi connectivity index (χ1) is 13.2. The molecule has 0 aliphatic carbocycles. The first-order valence-corrected chi connectivity index (χ1v) is 10.0. The fourth-order valence-corrected chi connectivity index (χ4v) is 3.60. The Morgan fingerprint density at radius 2 is 1.68 bits per heavy atom. The normalized spacial score (nSPS) is 20.6. The van der Waals surface area contributed by atoms with Crippen LogP contribution in [-0.2, 0) is 17.8 Å². The van der Waals surface area contributed by atoms with Crippen LogP contribution in [0.2, 0.25) is 0 Å². The first-order valence-electron chi connectivity index (χ1n) is 10.0. The van der Waals surface area contributed by atoms with Gasteiger partial charge in [-0.05, 0) is 52.3 Å². The Labute approximate surface area is 168 Å². The Kier molecular flexibility index (Phi) is 6.26. The van der Waals surface area contributed by atoms with Crippen molar-refractivity contribution < 1.29 is 13.9 Å². The summed E-state index contributed by atoms with van der Waals surface area (Å²) in [6.45, 7) is 13.3. The minimum absolute atomic E-state index is 0.0259. The van der Waals surface area contributed by atoms with Gasteiger partial charge in [0.25, 0.3) is 5.91 Å². The lowest BCUT2D eigenvalue weighted by Crippen LogP contribution is -2.48. The van der Waals surface area contributed by atoms with Crippen LogP contribution < -0.4 is 0 Å². The summed E-state index contributed by atoms with van der Waals surface area (Å²) < 4.78 is 11.7. The predicted molar refractivity (Wildman–Crippen MR) is 110 cm³/mol. The van der Waals surface area contributed by atoms with E-state index >= 15 is 0 Å². The Morgan fingerprint density at radius 3 is 2.29 bits per heavy atom. The monoisotopic (exact) mass is 384 g/mol. The van der Waals surface area contributed by atoms with E-state index in [0.717, 1.165) is 12.3 Å². The van der Waals surface area contributed by atoms with Gasteiger partial charge in [0.05, 0.1) is 18.8 Å². The molecule has 28 heavy (non-hydrogen) atoms. The Hall–Kier alpha value is -2.11. The molecule has 2 heterocycles. The van der Waals surface area contributed by atoms with Gasteiger partial charge in [0.2, 0.25) is 0 Å². The van der Waals surface area contributed by atoms with E-state index in [0.29, 0.717) is 25.4 Å². The third-order valence-corrected chi connectivity index (χ3v) is 5.09. The average Bonchev–Trinajstić information content (AvgIpc) is 3.08. The van der Waals surface area contributed by atoms with Crippen molar-refractivity contribution in [3.8, 4) is 0 Å². The van der Waals surface area contributed by atoms with E-state index in [1.54, 1.807) is 6.07 Å². The van der Waals surface area contributed by atoms with Crippen LogP contribution in [0.15, 0.2) is 46.9 Å². The molecule has 1 saturated heterocycles. The number of benzene rings is 1. The van der Waals surface area contributed by atoms with Crippen LogP contribution in [0.5, 0.6) is 0 Å². The highest BCUT2D eigenvalue weighted by atomic mass is 16.5. The van der Waals surface area contributed by atoms with Gasteiger partial charge in [-0.2, -0.15) is 0 Å². The number of nitrogens with zero attached hydrogens (tertiary/aromatic N) is 2. The minimum Gasteiger partial charge on any atom is -0.455 e. The Bertz CT molecular complexity index is 769. The van der Waals surface area contributed by atoms with Crippen molar-refractivity contribution >= 4 is 5.91 Å². The molecule has 0 radical (unpaired) electrons. The van der Waals surface area contributed by atoms with Gasteiger partial charge in [-0.3, -0.25) is 9.69 Å². The summed E-state index contributed by atoms with van der Waals surface area (Å²) in [6.07, 6.45) is 0.0915. The number of ether oxygens (including phenoxy) is 1. The van der Waals surface area contributed by atoms with Gasteiger partial charge in [-0.1, -0.05) is 30.3 Å². The topological polar surface area (TPSA) is 45.9 Å². The van der Waals surface area contributed by atoms with Crippen molar-refractivity contribution in [1.82, 2.24) is 9.80 Å². The van der Waals surface area contributed by atoms with Crippen molar-refractivity contribution in [2.75, 3.05) is 13.1 Å². The summed E-state index contributed by atoms with van der Waals surface area (Å²) in [5.74, 6) is 1.16. The third-order valence-electron chi connectivity index (χ3n) is 5.09. The Morgan fingerprint density at radius 1 is 1.04 bits per heavy atom. The maximum absolute atomic E-state index is 12.8. The van der Waals surface area contributed by atoms with Gasteiger partial charge in [-0.25, -0.2) is 0 Å². The number of morpholine rings is 1. The van der Waals surface area contributed by atoms with Crippen LogP contribution in [0, 0.1) is 0 Å². The molecule has 5 heteroatoms. The maximum Gasteiger partial charge on any atom is 0.289 e. The van der Waals surface area contributed by atoms with Crippen molar-refractivity contribution in [3.63, 3.8) is 0 Å².